The number of halogens is 1. The van der Waals surface area contributed by atoms with E-state index in [2.05, 4.69) is 5.32 Å². The minimum Gasteiger partial charge on any atom is -0.492 e. The summed E-state index contributed by atoms with van der Waals surface area (Å²) in [6.07, 6.45) is 0. The van der Waals surface area contributed by atoms with E-state index in [0.29, 0.717) is 22.9 Å². The third-order valence-corrected chi connectivity index (χ3v) is 7.89. The standard InChI is InChI=1S/C29H34ClN3O5S/c1-5-38-27-17-10-9-16-26(27)33(39(36,37)25-14-7-6-8-15-25)20-28(34)32(22(4)29(35)31-21(2)3)19-23-12-11-13-24(30)18-23/h6-18,21-22H,5,19-20H2,1-4H3,(H,31,35)/t22-/m1/s1. The van der Waals surface area contributed by atoms with Crippen LogP contribution in [-0.2, 0) is 26.2 Å². The van der Waals surface area contributed by atoms with Gasteiger partial charge in [0.05, 0.1) is 17.2 Å². The van der Waals surface area contributed by atoms with Crippen LogP contribution in [-0.4, -0.2) is 50.4 Å². The van der Waals surface area contributed by atoms with Gasteiger partial charge in [-0.3, -0.25) is 13.9 Å². The van der Waals surface area contributed by atoms with Crippen molar-refractivity contribution in [3.63, 3.8) is 0 Å². The van der Waals surface area contributed by atoms with Crippen LogP contribution in [0.3, 0.4) is 0 Å². The van der Waals surface area contributed by atoms with Crippen LogP contribution in [0.5, 0.6) is 5.75 Å². The predicted molar refractivity (Wildman–Crippen MR) is 153 cm³/mol. The molecule has 0 heterocycles. The Morgan fingerprint density at radius 2 is 1.62 bits per heavy atom. The molecule has 0 saturated carbocycles. The molecule has 208 valence electrons. The van der Waals surface area contributed by atoms with Crippen LogP contribution in [0.4, 0.5) is 5.69 Å². The average molecular weight is 572 g/mol. The molecular weight excluding hydrogens is 538 g/mol. The second-order valence-corrected chi connectivity index (χ2v) is 11.5. The molecule has 0 aliphatic rings. The van der Waals surface area contributed by atoms with E-state index in [-0.39, 0.29) is 29.1 Å². The molecule has 1 N–H and O–H groups in total. The summed E-state index contributed by atoms with van der Waals surface area (Å²) >= 11 is 6.17. The van der Waals surface area contributed by atoms with Crippen LogP contribution in [0.15, 0.2) is 83.8 Å². The van der Waals surface area contributed by atoms with Crippen molar-refractivity contribution in [2.24, 2.45) is 0 Å². The molecule has 2 amide bonds. The zero-order chi connectivity index (χ0) is 28.6. The van der Waals surface area contributed by atoms with Gasteiger partial charge in [0.15, 0.2) is 0 Å². The van der Waals surface area contributed by atoms with E-state index in [1.807, 2.05) is 13.8 Å². The van der Waals surface area contributed by atoms with Crippen molar-refractivity contribution >= 4 is 39.1 Å². The summed E-state index contributed by atoms with van der Waals surface area (Å²) in [6, 6.07) is 20.5. The van der Waals surface area contributed by atoms with Gasteiger partial charge in [-0.05, 0) is 69.7 Å². The van der Waals surface area contributed by atoms with E-state index < -0.39 is 28.5 Å². The fourth-order valence-electron chi connectivity index (χ4n) is 3.99. The van der Waals surface area contributed by atoms with Crippen molar-refractivity contribution in [1.82, 2.24) is 10.2 Å². The van der Waals surface area contributed by atoms with Crippen LogP contribution >= 0.6 is 11.6 Å². The Balaban J connectivity index is 2.07. The van der Waals surface area contributed by atoms with E-state index >= 15 is 0 Å². The first kappa shape index (κ1) is 30.0. The van der Waals surface area contributed by atoms with Gasteiger partial charge in [-0.15, -0.1) is 0 Å². The SMILES string of the molecule is CCOc1ccccc1N(CC(=O)N(Cc1cccc(Cl)c1)[C@H](C)C(=O)NC(C)C)S(=O)(=O)c1ccccc1. The molecule has 0 unspecified atom stereocenters. The lowest BCUT2D eigenvalue weighted by atomic mass is 10.1. The molecule has 3 aromatic carbocycles. The number of hydrogen-bond donors (Lipinski definition) is 1. The number of benzene rings is 3. The van der Waals surface area contributed by atoms with Gasteiger partial charge < -0.3 is 15.0 Å². The molecule has 0 aromatic heterocycles. The number of carbonyl (C=O) groups is 2. The highest BCUT2D eigenvalue weighted by molar-refractivity contribution is 7.92. The van der Waals surface area contributed by atoms with Crippen molar-refractivity contribution in [2.75, 3.05) is 17.5 Å². The molecule has 0 aliphatic heterocycles. The Bertz CT molecular complexity index is 1380. The molecule has 39 heavy (non-hydrogen) atoms. The van der Waals surface area contributed by atoms with E-state index in [4.69, 9.17) is 16.3 Å². The maximum atomic E-state index is 14.0. The summed E-state index contributed by atoms with van der Waals surface area (Å²) in [6.45, 7) is 6.86. The van der Waals surface area contributed by atoms with Gasteiger partial charge in [-0.25, -0.2) is 8.42 Å². The predicted octanol–water partition coefficient (Wildman–Crippen LogP) is 4.88. The zero-order valence-corrected chi connectivity index (χ0v) is 24.1. The Hall–Kier alpha value is -3.56. The van der Waals surface area contributed by atoms with Crippen molar-refractivity contribution in [3.05, 3.63) is 89.4 Å². The number of para-hydroxylation sites is 2. The number of nitrogens with one attached hydrogen (secondary N) is 1. The molecule has 0 aliphatic carbocycles. The van der Waals surface area contributed by atoms with Crippen LogP contribution in [0.1, 0.15) is 33.3 Å². The normalized spacial score (nSPS) is 12.1. The first-order valence-corrected chi connectivity index (χ1v) is 14.5. The summed E-state index contributed by atoms with van der Waals surface area (Å²) in [5, 5.41) is 3.32. The Kier molecular flexibility index (Phi) is 10.4. The lowest BCUT2D eigenvalue weighted by Crippen LogP contribution is -2.52. The third kappa shape index (κ3) is 7.74. The molecule has 8 nitrogen and oxygen atoms in total. The molecule has 0 bridgehead atoms. The number of rotatable bonds is 12. The van der Waals surface area contributed by atoms with Crippen LogP contribution < -0.4 is 14.4 Å². The van der Waals surface area contributed by atoms with E-state index in [1.165, 1.54) is 17.0 Å². The summed E-state index contributed by atoms with van der Waals surface area (Å²) in [4.78, 5) is 28.3. The van der Waals surface area contributed by atoms with Gasteiger partial charge in [0.1, 0.15) is 18.3 Å². The number of carbonyl (C=O) groups excluding carboxylic acids is 2. The molecule has 0 saturated heterocycles. The highest BCUT2D eigenvalue weighted by atomic mass is 35.5. The Morgan fingerprint density at radius 3 is 2.26 bits per heavy atom. The number of hydrogen-bond acceptors (Lipinski definition) is 5. The number of amides is 2. The summed E-state index contributed by atoms with van der Waals surface area (Å²) in [5.41, 5.74) is 0.922. The van der Waals surface area contributed by atoms with Crippen molar-refractivity contribution in [3.8, 4) is 5.75 Å². The largest absolute Gasteiger partial charge is 0.492 e. The minimum absolute atomic E-state index is 0.0242. The molecule has 0 fully saturated rings. The minimum atomic E-state index is -4.18. The van der Waals surface area contributed by atoms with Crippen LogP contribution in [0, 0.1) is 0 Å². The van der Waals surface area contributed by atoms with Gasteiger partial charge in [-0.2, -0.15) is 0 Å². The van der Waals surface area contributed by atoms with Crippen LogP contribution in [0.2, 0.25) is 5.02 Å². The quantitative estimate of drug-likeness (QED) is 0.334. The van der Waals surface area contributed by atoms with Gasteiger partial charge in [-0.1, -0.05) is 54.1 Å². The van der Waals surface area contributed by atoms with E-state index in [9.17, 15) is 18.0 Å². The Labute approximate surface area is 235 Å². The first-order valence-electron chi connectivity index (χ1n) is 12.7. The molecule has 10 heteroatoms. The molecule has 3 rings (SSSR count). The van der Waals surface area contributed by atoms with Crippen molar-refractivity contribution < 1.29 is 22.7 Å². The molecule has 0 spiro atoms. The monoisotopic (exact) mass is 571 g/mol. The lowest BCUT2D eigenvalue weighted by Gasteiger charge is -2.32. The molecule has 1 atom stereocenters. The summed E-state index contributed by atoms with van der Waals surface area (Å²) in [7, 11) is -4.18. The number of anilines is 1. The molecule has 3 aromatic rings. The summed E-state index contributed by atoms with van der Waals surface area (Å²) < 4.78 is 34.6. The number of ether oxygens (including phenoxy) is 1. The average Bonchev–Trinajstić information content (AvgIpc) is 2.90. The maximum absolute atomic E-state index is 14.0. The number of sulfonamides is 1. The third-order valence-electron chi connectivity index (χ3n) is 5.88. The Morgan fingerprint density at radius 1 is 0.949 bits per heavy atom. The first-order chi connectivity index (χ1) is 18.5. The smallest absolute Gasteiger partial charge is 0.264 e. The summed E-state index contributed by atoms with van der Waals surface area (Å²) in [5.74, 6) is -0.598. The fourth-order valence-corrected chi connectivity index (χ4v) is 5.65. The lowest BCUT2D eigenvalue weighted by molar-refractivity contribution is -0.139. The maximum Gasteiger partial charge on any atom is 0.264 e. The van der Waals surface area contributed by atoms with E-state index in [1.54, 1.807) is 80.6 Å². The second-order valence-electron chi connectivity index (χ2n) is 9.22. The van der Waals surface area contributed by atoms with Gasteiger partial charge in [0.25, 0.3) is 10.0 Å². The molecular formula is C29H34ClN3O5S. The highest BCUT2D eigenvalue weighted by Gasteiger charge is 2.33. The van der Waals surface area contributed by atoms with Crippen molar-refractivity contribution in [1.29, 1.82) is 0 Å². The fraction of sp³-hybridized carbons (Fsp3) is 0.310. The van der Waals surface area contributed by atoms with Crippen LogP contribution in [0.25, 0.3) is 0 Å². The molecule has 0 radical (unpaired) electrons. The van der Waals surface area contributed by atoms with Gasteiger partial charge >= 0.3 is 0 Å². The van der Waals surface area contributed by atoms with E-state index in [0.717, 1.165) is 4.31 Å². The van der Waals surface area contributed by atoms with Gasteiger partial charge in [0.2, 0.25) is 11.8 Å². The van der Waals surface area contributed by atoms with Gasteiger partial charge in [0, 0.05) is 17.6 Å². The topological polar surface area (TPSA) is 96.0 Å². The van der Waals surface area contributed by atoms with Crippen molar-refractivity contribution in [2.45, 2.75) is 51.2 Å². The highest BCUT2D eigenvalue weighted by Crippen LogP contribution is 2.33. The second kappa shape index (κ2) is 13.5. The number of nitrogens with zero attached hydrogens (tertiary/aromatic N) is 2. The zero-order valence-electron chi connectivity index (χ0n) is 22.5.